The SMILES string of the molecule is CC[C@H](OC[C@H](O)CN1CCOCC1)c1ccccc1. The number of rotatable bonds is 7. The van der Waals surface area contributed by atoms with Gasteiger partial charge in [-0.3, -0.25) is 4.90 Å². The number of aliphatic hydroxyl groups excluding tert-OH is 1. The van der Waals surface area contributed by atoms with Gasteiger partial charge in [0.2, 0.25) is 0 Å². The average Bonchev–Trinajstić information content (AvgIpc) is 2.50. The van der Waals surface area contributed by atoms with Crippen molar-refractivity contribution in [2.24, 2.45) is 0 Å². The van der Waals surface area contributed by atoms with Crippen LogP contribution in [-0.4, -0.2) is 55.6 Å². The van der Waals surface area contributed by atoms with E-state index in [9.17, 15) is 5.11 Å². The Morgan fingerprint density at radius 2 is 1.95 bits per heavy atom. The fraction of sp³-hybridized carbons (Fsp3) is 0.625. The van der Waals surface area contributed by atoms with Crippen LogP contribution in [0.1, 0.15) is 25.0 Å². The minimum Gasteiger partial charge on any atom is -0.389 e. The molecular weight excluding hydrogens is 254 g/mol. The molecule has 1 aliphatic rings. The molecule has 0 aliphatic carbocycles. The molecule has 2 rings (SSSR count). The van der Waals surface area contributed by atoms with Crippen molar-refractivity contribution < 1.29 is 14.6 Å². The van der Waals surface area contributed by atoms with E-state index in [1.807, 2.05) is 18.2 Å². The Morgan fingerprint density at radius 1 is 1.25 bits per heavy atom. The van der Waals surface area contributed by atoms with Gasteiger partial charge in [0.1, 0.15) is 0 Å². The van der Waals surface area contributed by atoms with E-state index in [0.717, 1.165) is 32.7 Å². The lowest BCUT2D eigenvalue weighted by molar-refractivity contribution is -0.0378. The molecule has 2 atom stereocenters. The van der Waals surface area contributed by atoms with E-state index in [2.05, 4.69) is 24.0 Å². The predicted octanol–water partition coefficient (Wildman–Crippen LogP) is 1.85. The van der Waals surface area contributed by atoms with Crippen LogP contribution in [0.15, 0.2) is 30.3 Å². The molecule has 112 valence electrons. The molecule has 0 spiro atoms. The first kappa shape index (κ1) is 15.4. The predicted molar refractivity (Wildman–Crippen MR) is 78.7 cm³/mol. The van der Waals surface area contributed by atoms with E-state index in [-0.39, 0.29) is 6.10 Å². The zero-order valence-corrected chi connectivity index (χ0v) is 12.2. The van der Waals surface area contributed by atoms with Crippen molar-refractivity contribution in [1.82, 2.24) is 4.90 Å². The fourth-order valence-corrected chi connectivity index (χ4v) is 2.48. The van der Waals surface area contributed by atoms with Crippen LogP contribution in [0.4, 0.5) is 0 Å². The Morgan fingerprint density at radius 3 is 2.60 bits per heavy atom. The summed E-state index contributed by atoms with van der Waals surface area (Å²) in [5, 5.41) is 10.1. The van der Waals surface area contributed by atoms with Crippen molar-refractivity contribution in [3.05, 3.63) is 35.9 Å². The Kier molecular flexibility index (Phi) is 6.47. The van der Waals surface area contributed by atoms with E-state index >= 15 is 0 Å². The minimum atomic E-state index is -0.439. The highest BCUT2D eigenvalue weighted by Crippen LogP contribution is 2.20. The molecular formula is C16H25NO3. The van der Waals surface area contributed by atoms with E-state index in [1.165, 1.54) is 5.56 Å². The highest BCUT2D eigenvalue weighted by molar-refractivity contribution is 5.17. The van der Waals surface area contributed by atoms with E-state index < -0.39 is 6.10 Å². The maximum atomic E-state index is 10.1. The fourth-order valence-electron chi connectivity index (χ4n) is 2.48. The molecule has 0 aromatic heterocycles. The molecule has 1 N–H and O–H groups in total. The molecule has 1 aliphatic heterocycles. The summed E-state index contributed by atoms with van der Waals surface area (Å²) in [6.45, 7) is 6.45. The average molecular weight is 279 g/mol. The van der Waals surface area contributed by atoms with Crippen molar-refractivity contribution in [2.75, 3.05) is 39.5 Å². The molecule has 0 amide bonds. The third kappa shape index (κ3) is 4.87. The zero-order valence-electron chi connectivity index (χ0n) is 12.2. The molecule has 4 nitrogen and oxygen atoms in total. The highest BCUT2D eigenvalue weighted by Gasteiger charge is 2.17. The van der Waals surface area contributed by atoms with Gasteiger partial charge in [-0.2, -0.15) is 0 Å². The number of β-amino-alcohol motifs (C(OH)–C–C–N with tert-alkyl or cyclic N) is 1. The van der Waals surface area contributed by atoms with Crippen molar-refractivity contribution in [3.63, 3.8) is 0 Å². The van der Waals surface area contributed by atoms with Gasteiger partial charge < -0.3 is 14.6 Å². The summed E-state index contributed by atoms with van der Waals surface area (Å²) in [7, 11) is 0. The topological polar surface area (TPSA) is 41.9 Å². The van der Waals surface area contributed by atoms with Gasteiger partial charge in [-0.25, -0.2) is 0 Å². The van der Waals surface area contributed by atoms with Crippen LogP contribution in [-0.2, 0) is 9.47 Å². The second-order valence-electron chi connectivity index (χ2n) is 5.21. The van der Waals surface area contributed by atoms with Crippen molar-refractivity contribution in [1.29, 1.82) is 0 Å². The van der Waals surface area contributed by atoms with Crippen LogP contribution in [0.2, 0.25) is 0 Å². The number of hydrogen-bond acceptors (Lipinski definition) is 4. The van der Waals surface area contributed by atoms with Crippen molar-refractivity contribution in [2.45, 2.75) is 25.6 Å². The second-order valence-corrected chi connectivity index (χ2v) is 5.21. The van der Waals surface area contributed by atoms with Gasteiger partial charge in [0, 0.05) is 19.6 Å². The standard InChI is InChI=1S/C16H25NO3/c1-2-16(14-6-4-3-5-7-14)20-13-15(18)12-17-8-10-19-11-9-17/h3-7,15-16,18H,2,8-13H2,1H3/t15-,16+/m1/s1. The number of ether oxygens (including phenoxy) is 2. The lowest BCUT2D eigenvalue weighted by Gasteiger charge is -2.29. The maximum Gasteiger partial charge on any atom is 0.0900 e. The summed E-state index contributed by atoms with van der Waals surface area (Å²) in [6.07, 6.45) is 0.537. The van der Waals surface area contributed by atoms with Gasteiger partial charge in [-0.05, 0) is 12.0 Å². The van der Waals surface area contributed by atoms with Crippen molar-refractivity contribution in [3.8, 4) is 0 Å². The number of nitrogens with zero attached hydrogens (tertiary/aromatic N) is 1. The Bertz CT molecular complexity index is 365. The third-order valence-corrected chi connectivity index (χ3v) is 3.60. The maximum absolute atomic E-state index is 10.1. The van der Waals surface area contributed by atoms with Gasteiger partial charge in [-0.15, -0.1) is 0 Å². The van der Waals surface area contributed by atoms with Crippen LogP contribution in [0.5, 0.6) is 0 Å². The Balaban J connectivity index is 1.75. The molecule has 0 bridgehead atoms. The van der Waals surface area contributed by atoms with Gasteiger partial charge >= 0.3 is 0 Å². The zero-order chi connectivity index (χ0) is 14.2. The van der Waals surface area contributed by atoms with Crippen LogP contribution < -0.4 is 0 Å². The van der Waals surface area contributed by atoms with Crippen LogP contribution >= 0.6 is 0 Å². The van der Waals surface area contributed by atoms with E-state index in [0.29, 0.717) is 13.2 Å². The second kappa shape index (κ2) is 8.37. The lowest BCUT2D eigenvalue weighted by atomic mass is 10.1. The minimum absolute atomic E-state index is 0.0653. The molecule has 20 heavy (non-hydrogen) atoms. The molecule has 1 saturated heterocycles. The first-order chi connectivity index (χ1) is 9.79. The normalized spacial score (nSPS) is 19.7. The Hall–Kier alpha value is -0.940. The van der Waals surface area contributed by atoms with Gasteiger partial charge in [0.25, 0.3) is 0 Å². The van der Waals surface area contributed by atoms with E-state index in [1.54, 1.807) is 0 Å². The van der Waals surface area contributed by atoms with Crippen LogP contribution in [0.3, 0.4) is 0 Å². The van der Waals surface area contributed by atoms with Crippen LogP contribution in [0.25, 0.3) is 0 Å². The summed E-state index contributed by atoms with van der Waals surface area (Å²) in [5.74, 6) is 0. The largest absolute Gasteiger partial charge is 0.389 e. The number of benzene rings is 1. The highest BCUT2D eigenvalue weighted by atomic mass is 16.5. The molecule has 4 heteroatoms. The Labute approximate surface area is 121 Å². The van der Waals surface area contributed by atoms with E-state index in [4.69, 9.17) is 9.47 Å². The molecule has 1 aromatic rings. The lowest BCUT2D eigenvalue weighted by Crippen LogP contribution is -2.42. The molecule has 1 aromatic carbocycles. The molecule has 1 heterocycles. The van der Waals surface area contributed by atoms with Crippen LogP contribution in [0, 0.1) is 0 Å². The molecule has 0 unspecified atom stereocenters. The summed E-state index contributed by atoms with van der Waals surface area (Å²) in [5.41, 5.74) is 1.17. The van der Waals surface area contributed by atoms with Crippen molar-refractivity contribution >= 4 is 0 Å². The molecule has 1 fully saturated rings. The summed E-state index contributed by atoms with van der Waals surface area (Å²) >= 11 is 0. The monoisotopic (exact) mass is 279 g/mol. The molecule has 0 radical (unpaired) electrons. The molecule has 0 saturated carbocycles. The number of aliphatic hydroxyl groups is 1. The summed E-state index contributed by atoms with van der Waals surface area (Å²) < 4.78 is 11.2. The summed E-state index contributed by atoms with van der Waals surface area (Å²) in [4.78, 5) is 2.22. The smallest absolute Gasteiger partial charge is 0.0900 e. The number of hydrogen-bond donors (Lipinski definition) is 1. The quantitative estimate of drug-likeness (QED) is 0.827. The number of morpholine rings is 1. The summed E-state index contributed by atoms with van der Waals surface area (Å²) in [6, 6.07) is 10.2. The van der Waals surface area contributed by atoms with Gasteiger partial charge in [-0.1, -0.05) is 37.3 Å². The van der Waals surface area contributed by atoms with Gasteiger partial charge in [0.05, 0.1) is 32.0 Å². The first-order valence-electron chi connectivity index (χ1n) is 7.44. The first-order valence-corrected chi connectivity index (χ1v) is 7.44. The third-order valence-electron chi connectivity index (χ3n) is 3.60. The van der Waals surface area contributed by atoms with Gasteiger partial charge in [0.15, 0.2) is 0 Å².